The van der Waals surface area contributed by atoms with Gasteiger partial charge in [0.1, 0.15) is 4.60 Å². The summed E-state index contributed by atoms with van der Waals surface area (Å²) in [7, 11) is 0. The first-order valence-electron chi connectivity index (χ1n) is 7.56. The molecule has 4 aliphatic carbocycles. The fourth-order valence-electron chi connectivity index (χ4n) is 5.28. The SMILES string of the molecule is Brc1ccc(NCC23CC4CC(CC(C4)C2)C3)cn1. The zero-order valence-electron chi connectivity index (χ0n) is 11.2. The Bertz CT molecular complexity index is 433. The van der Waals surface area contributed by atoms with E-state index in [4.69, 9.17) is 0 Å². The van der Waals surface area contributed by atoms with Crippen molar-refractivity contribution in [2.45, 2.75) is 38.5 Å². The molecular formula is C16H21BrN2. The maximum atomic E-state index is 4.30. The van der Waals surface area contributed by atoms with Gasteiger partial charge < -0.3 is 5.32 Å². The van der Waals surface area contributed by atoms with Crippen molar-refractivity contribution < 1.29 is 0 Å². The molecule has 0 saturated heterocycles. The van der Waals surface area contributed by atoms with Crippen LogP contribution in [0.4, 0.5) is 5.69 Å². The molecule has 4 saturated carbocycles. The van der Waals surface area contributed by atoms with Gasteiger partial charge in [-0.15, -0.1) is 0 Å². The summed E-state index contributed by atoms with van der Waals surface area (Å²) in [5.74, 6) is 3.11. The molecule has 0 amide bonds. The normalized spacial score (nSPS) is 39.5. The second-order valence-corrected chi connectivity index (χ2v) is 7.95. The van der Waals surface area contributed by atoms with Gasteiger partial charge in [0.2, 0.25) is 0 Å². The lowest BCUT2D eigenvalue weighted by Crippen LogP contribution is -2.49. The van der Waals surface area contributed by atoms with Crippen molar-refractivity contribution in [3.8, 4) is 0 Å². The molecular weight excluding hydrogens is 300 g/mol. The first kappa shape index (κ1) is 12.2. The fraction of sp³-hybridized carbons (Fsp3) is 0.688. The maximum Gasteiger partial charge on any atom is 0.106 e. The summed E-state index contributed by atoms with van der Waals surface area (Å²) in [4.78, 5) is 4.30. The van der Waals surface area contributed by atoms with E-state index in [0.717, 1.165) is 28.9 Å². The predicted octanol–water partition coefficient (Wildman–Crippen LogP) is 4.47. The number of anilines is 1. The average molecular weight is 321 g/mol. The monoisotopic (exact) mass is 320 g/mol. The first-order valence-corrected chi connectivity index (χ1v) is 8.36. The van der Waals surface area contributed by atoms with Crippen molar-refractivity contribution in [3.05, 3.63) is 22.9 Å². The molecule has 2 nitrogen and oxygen atoms in total. The van der Waals surface area contributed by atoms with Gasteiger partial charge in [0.15, 0.2) is 0 Å². The van der Waals surface area contributed by atoms with E-state index in [0.29, 0.717) is 5.41 Å². The van der Waals surface area contributed by atoms with Gasteiger partial charge in [0, 0.05) is 6.54 Å². The van der Waals surface area contributed by atoms with Gasteiger partial charge >= 0.3 is 0 Å². The van der Waals surface area contributed by atoms with Crippen molar-refractivity contribution in [1.82, 2.24) is 4.98 Å². The minimum atomic E-state index is 0.599. The van der Waals surface area contributed by atoms with Crippen molar-refractivity contribution in [2.24, 2.45) is 23.2 Å². The predicted molar refractivity (Wildman–Crippen MR) is 81.0 cm³/mol. The number of rotatable bonds is 3. The van der Waals surface area contributed by atoms with E-state index in [1.807, 2.05) is 12.3 Å². The van der Waals surface area contributed by atoms with Gasteiger partial charge in [-0.3, -0.25) is 0 Å². The largest absolute Gasteiger partial charge is 0.383 e. The highest BCUT2D eigenvalue weighted by atomic mass is 79.9. The second-order valence-electron chi connectivity index (χ2n) is 7.14. The molecule has 102 valence electrons. The fourth-order valence-corrected chi connectivity index (χ4v) is 5.51. The molecule has 4 aliphatic rings. The van der Waals surface area contributed by atoms with Crippen molar-refractivity contribution in [3.63, 3.8) is 0 Å². The summed E-state index contributed by atoms with van der Waals surface area (Å²) < 4.78 is 0.910. The molecule has 4 fully saturated rings. The number of hydrogen-bond donors (Lipinski definition) is 1. The molecule has 0 radical (unpaired) electrons. The molecule has 3 heteroatoms. The van der Waals surface area contributed by atoms with E-state index in [1.54, 1.807) is 0 Å². The highest BCUT2D eigenvalue weighted by Crippen LogP contribution is 2.59. The number of pyridine rings is 1. The number of nitrogens with zero attached hydrogens (tertiary/aromatic N) is 1. The quantitative estimate of drug-likeness (QED) is 0.831. The maximum absolute atomic E-state index is 4.30. The topological polar surface area (TPSA) is 24.9 Å². The number of aromatic nitrogens is 1. The van der Waals surface area contributed by atoms with Gasteiger partial charge in [0.25, 0.3) is 0 Å². The molecule has 0 spiro atoms. The van der Waals surface area contributed by atoms with Crippen molar-refractivity contribution in [2.75, 3.05) is 11.9 Å². The van der Waals surface area contributed by atoms with Crippen LogP contribution in [0, 0.1) is 23.2 Å². The number of hydrogen-bond acceptors (Lipinski definition) is 2. The van der Waals surface area contributed by atoms with Crippen LogP contribution < -0.4 is 5.32 Å². The van der Waals surface area contributed by atoms with Crippen LogP contribution in [0.1, 0.15) is 38.5 Å². The summed E-state index contributed by atoms with van der Waals surface area (Å²) in [6, 6.07) is 4.14. The van der Waals surface area contributed by atoms with E-state index in [-0.39, 0.29) is 0 Å². The lowest BCUT2D eigenvalue weighted by molar-refractivity contribution is -0.0444. The summed E-state index contributed by atoms with van der Waals surface area (Å²) in [6.07, 6.45) is 10.9. The van der Waals surface area contributed by atoms with Crippen LogP contribution in [0.2, 0.25) is 0 Å². The van der Waals surface area contributed by atoms with Crippen LogP contribution in [0.25, 0.3) is 0 Å². The third-order valence-corrected chi connectivity index (χ3v) is 6.03. The van der Waals surface area contributed by atoms with Crippen molar-refractivity contribution in [1.29, 1.82) is 0 Å². The van der Waals surface area contributed by atoms with E-state index in [1.165, 1.54) is 44.2 Å². The van der Waals surface area contributed by atoms with Gasteiger partial charge in [0.05, 0.1) is 11.9 Å². The van der Waals surface area contributed by atoms with Gasteiger partial charge in [-0.25, -0.2) is 4.98 Å². The number of nitrogens with one attached hydrogen (secondary N) is 1. The summed E-state index contributed by atoms with van der Waals surface area (Å²) in [5, 5.41) is 3.65. The molecule has 1 aromatic rings. The molecule has 19 heavy (non-hydrogen) atoms. The molecule has 1 heterocycles. The zero-order chi connectivity index (χ0) is 12.9. The van der Waals surface area contributed by atoms with E-state index >= 15 is 0 Å². The molecule has 1 N–H and O–H groups in total. The Morgan fingerprint density at radius 2 is 1.74 bits per heavy atom. The molecule has 0 aromatic carbocycles. The van der Waals surface area contributed by atoms with Crippen LogP contribution in [0.15, 0.2) is 22.9 Å². The highest BCUT2D eigenvalue weighted by molar-refractivity contribution is 9.10. The van der Waals surface area contributed by atoms with Gasteiger partial charge in [-0.2, -0.15) is 0 Å². The van der Waals surface area contributed by atoms with E-state index < -0.39 is 0 Å². The van der Waals surface area contributed by atoms with Crippen molar-refractivity contribution >= 4 is 21.6 Å². The molecule has 0 atom stereocenters. The Morgan fingerprint density at radius 3 is 2.26 bits per heavy atom. The molecule has 4 bridgehead atoms. The Morgan fingerprint density at radius 1 is 1.11 bits per heavy atom. The van der Waals surface area contributed by atoms with Gasteiger partial charge in [-0.1, -0.05) is 0 Å². The summed E-state index contributed by atoms with van der Waals surface area (Å²) in [6.45, 7) is 1.15. The van der Waals surface area contributed by atoms with E-state index in [2.05, 4.69) is 32.3 Å². The highest BCUT2D eigenvalue weighted by Gasteiger charge is 2.50. The Labute approximate surface area is 123 Å². The summed E-state index contributed by atoms with van der Waals surface area (Å²) >= 11 is 3.39. The minimum absolute atomic E-state index is 0.599. The van der Waals surface area contributed by atoms with Crippen LogP contribution in [0.3, 0.4) is 0 Å². The zero-order valence-corrected chi connectivity index (χ0v) is 12.8. The molecule has 5 rings (SSSR count). The first-order chi connectivity index (χ1) is 9.21. The molecule has 0 aliphatic heterocycles. The van der Waals surface area contributed by atoms with Gasteiger partial charge in [-0.05, 0) is 89.8 Å². The Kier molecular flexibility index (Phi) is 2.87. The Hall–Kier alpha value is -0.570. The smallest absolute Gasteiger partial charge is 0.106 e. The third-order valence-electron chi connectivity index (χ3n) is 5.56. The lowest BCUT2D eigenvalue weighted by atomic mass is 9.49. The van der Waals surface area contributed by atoms with Crippen LogP contribution in [0.5, 0.6) is 0 Å². The molecule has 1 aromatic heterocycles. The minimum Gasteiger partial charge on any atom is -0.383 e. The van der Waals surface area contributed by atoms with Crippen LogP contribution in [-0.2, 0) is 0 Å². The van der Waals surface area contributed by atoms with Crippen LogP contribution >= 0.6 is 15.9 Å². The average Bonchev–Trinajstić information content (AvgIpc) is 2.36. The number of halogens is 1. The Balaban J connectivity index is 1.46. The van der Waals surface area contributed by atoms with E-state index in [9.17, 15) is 0 Å². The third kappa shape index (κ3) is 2.31. The molecule has 0 unspecified atom stereocenters. The lowest BCUT2D eigenvalue weighted by Gasteiger charge is -2.57. The second kappa shape index (κ2) is 4.47. The van der Waals surface area contributed by atoms with Crippen LogP contribution in [-0.4, -0.2) is 11.5 Å². The standard InChI is InChI=1S/C16H21BrN2/c17-15-2-1-14(9-18-15)19-10-16-6-11-3-12(7-16)5-13(4-11)8-16/h1-2,9,11-13,19H,3-8,10H2. The summed E-state index contributed by atoms with van der Waals surface area (Å²) in [5.41, 5.74) is 1.76.